The van der Waals surface area contributed by atoms with Crippen molar-refractivity contribution in [3.05, 3.63) is 29.6 Å². The Labute approximate surface area is 155 Å². The predicted molar refractivity (Wildman–Crippen MR) is 100 cm³/mol. The van der Waals surface area contributed by atoms with Crippen LogP contribution in [0.15, 0.2) is 24.0 Å². The first-order valence-corrected chi connectivity index (χ1v) is 9.94. The van der Waals surface area contributed by atoms with Crippen LogP contribution in [0.25, 0.3) is 0 Å². The number of aromatic nitrogens is 2. The van der Waals surface area contributed by atoms with Gasteiger partial charge in [-0.3, -0.25) is 9.48 Å². The van der Waals surface area contributed by atoms with Gasteiger partial charge in [0, 0.05) is 24.9 Å². The summed E-state index contributed by atoms with van der Waals surface area (Å²) < 4.78 is 1.66. The van der Waals surface area contributed by atoms with Crippen LogP contribution in [-0.4, -0.2) is 27.3 Å². The SMILES string of the molecule is C/C(=C\C(=O)NC[C@@](C)(O)c1cnn(C)c1)C12CC3CC(CC(C3)C1)C2. The number of aliphatic hydroxyl groups is 1. The van der Waals surface area contributed by atoms with Crippen LogP contribution < -0.4 is 5.32 Å². The molecule has 0 aromatic carbocycles. The summed E-state index contributed by atoms with van der Waals surface area (Å²) in [5.41, 5.74) is 1.10. The van der Waals surface area contributed by atoms with Gasteiger partial charge in [0.1, 0.15) is 5.60 Å². The number of nitrogens with one attached hydrogen (secondary N) is 1. The summed E-state index contributed by atoms with van der Waals surface area (Å²) in [6.07, 6.45) is 13.2. The van der Waals surface area contributed by atoms with Gasteiger partial charge < -0.3 is 10.4 Å². The van der Waals surface area contributed by atoms with E-state index in [-0.39, 0.29) is 17.9 Å². The molecule has 5 heteroatoms. The third kappa shape index (κ3) is 3.22. The van der Waals surface area contributed by atoms with Gasteiger partial charge in [-0.25, -0.2) is 0 Å². The number of allylic oxidation sites excluding steroid dienone is 1. The molecule has 0 unspecified atom stereocenters. The standard InChI is InChI=1S/C21H31N3O2/c1-14(21-8-15-5-16(9-21)7-17(6-15)10-21)4-19(25)22-13-20(2,26)18-11-23-24(3)12-18/h4,11-12,15-17,26H,5-10,13H2,1-3H3,(H,22,25)/b14-4+/t15?,16?,17?,20-,21?/m1/s1. The van der Waals surface area contributed by atoms with E-state index in [1.165, 1.54) is 44.1 Å². The fourth-order valence-electron chi connectivity index (χ4n) is 6.06. The number of aryl methyl sites for hydroxylation is 1. The highest BCUT2D eigenvalue weighted by Crippen LogP contribution is 2.62. The quantitative estimate of drug-likeness (QED) is 0.796. The third-order valence-electron chi connectivity index (χ3n) is 7.16. The first-order chi connectivity index (χ1) is 12.3. The second-order valence-corrected chi connectivity index (χ2v) is 9.42. The molecule has 2 N–H and O–H groups in total. The topological polar surface area (TPSA) is 67.2 Å². The minimum absolute atomic E-state index is 0.0950. The molecule has 4 fully saturated rings. The fraction of sp³-hybridized carbons (Fsp3) is 0.714. The van der Waals surface area contributed by atoms with Gasteiger partial charge in [-0.2, -0.15) is 5.10 Å². The minimum atomic E-state index is -1.12. The van der Waals surface area contributed by atoms with Crippen molar-refractivity contribution in [1.29, 1.82) is 0 Å². The summed E-state index contributed by atoms with van der Waals surface area (Å²) in [5, 5.41) is 17.6. The lowest BCUT2D eigenvalue weighted by Crippen LogP contribution is -2.47. The second-order valence-electron chi connectivity index (χ2n) is 9.42. The molecule has 5 nitrogen and oxygen atoms in total. The van der Waals surface area contributed by atoms with Gasteiger partial charge in [0.2, 0.25) is 5.91 Å². The lowest BCUT2D eigenvalue weighted by atomic mass is 9.48. The highest BCUT2D eigenvalue weighted by atomic mass is 16.3. The smallest absolute Gasteiger partial charge is 0.244 e. The van der Waals surface area contributed by atoms with Crippen LogP contribution in [0, 0.1) is 23.2 Å². The number of amides is 1. The van der Waals surface area contributed by atoms with Gasteiger partial charge in [0.15, 0.2) is 0 Å². The second kappa shape index (κ2) is 6.22. The molecular formula is C21H31N3O2. The maximum absolute atomic E-state index is 12.5. The van der Waals surface area contributed by atoms with Crippen molar-refractivity contribution >= 4 is 5.91 Å². The van der Waals surface area contributed by atoms with Crippen LogP contribution in [0.3, 0.4) is 0 Å². The molecule has 4 aliphatic carbocycles. The maximum Gasteiger partial charge on any atom is 0.244 e. The summed E-state index contributed by atoms with van der Waals surface area (Å²) in [7, 11) is 1.82. The largest absolute Gasteiger partial charge is 0.383 e. The molecule has 0 aliphatic heterocycles. The molecule has 1 amide bonds. The van der Waals surface area contributed by atoms with Gasteiger partial charge in [0.25, 0.3) is 0 Å². The molecule has 0 saturated heterocycles. The van der Waals surface area contributed by atoms with Gasteiger partial charge in [-0.15, -0.1) is 0 Å². The molecule has 0 radical (unpaired) electrons. The van der Waals surface area contributed by atoms with E-state index in [4.69, 9.17) is 0 Å². The van der Waals surface area contributed by atoms with Crippen molar-refractivity contribution in [1.82, 2.24) is 15.1 Å². The zero-order chi connectivity index (χ0) is 18.5. The maximum atomic E-state index is 12.5. The fourth-order valence-corrected chi connectivity index (χ4v) is 6.06. The number of rotatable bonds is 5. The summed E-state index contributed by atoms with van der Waals surface area (Å²) in [5.74, 6) is 2.53. The molecule has 26 heavy (non-hydrogen) atoms. The van der Waals surface area contributed by atoms with E-state index in [1.807, 2.05) is 7.05 Å². The molecule has 142 valence electrons. The highest BCUT2D eigenvalue weighted by Gasteiger charge is 2.51. The zero-order valence-corrected chi connectivity index (χ0v) is 16.2. The molecule has 5 rings (SSSR count). The zero-order valence-electron chi connectivity index (χ0n) is 16.2. The Kier molecular flexibility index (Phi) is 4.25. The van der Waals surface area contributed by atoms with Crippen molar-refractivity contribution in [2.45, 2.75) is 58.0 Å². The minimum Gasteiger partial charge on any atom is -0.383 e. The van der Waals surface area contributed by atoms with E-state index < -0.39 is 5.60 Å². The van der Waals surface area contributed by atoms with Crippen molar-refractivity contribution in [3.8, 4) is 0 Å². The normalized spacial score (nSPS) is 35.4. The number of hydrogen-bond donors (Lipinski definition) is 2. The molecular weight excluding hydrogens is 326 g/mol. The van der Waals surface area contributed by atoms with Crippen LogP contribution in [0.4, 0.5) is 0 Å². The highest BCUT2D eigenvalue weighted by molar-refractivity contribution is 5.88. The molecule has 1 atom stereocenters. The Hall–Kier alpha value is -1.62. The Morgan fingerprint density at radius 3 is 2.42 bits per heavy atom. The lowest BCUT2D eigenvalue weighted by Gasteiger charge is -2.57. The van der Waals surface area contributed by atoms with E-state index in [0.717, 1.165) is 17.8 Å². The lowest BCUT2D eigenvalue weighted by molar-refractivity contribution is -0.117. The molecule has 4 aliphatic rings. The predicted octanol–water partition coefficient (Wildman–Crippen LogP) is 2.91. The average Bonchev–Trinajstić information content (AvgIpc) is 2.99. The van der Waals surface area contributed by atoms with Crippen molar-refractivity contribution in [2.75, 3.05) is 6.54 Å². The Bertz CT molecular complexity index is 696. The molecule has 0 spiro atoms. The summed E-state index contributed by atoms with van der Waals surface area (Å²) in [4.78, 5) is 12.5. The molecule has 1 heterocycles. The van der Waals surface area contributed by atoms with E-state index in [9.17, 15) is 9.90 Å². The van der Waals surface area contributed by atoms with Gasteiger partial charge >= 0.3 is 0 Å². The molecule has 1 aromatic rings. The van der Waals surface area contributed by atoms with E-state index >= 15 is 0 Å². The van der Waals surface area contributed by atoms with Crippen LogP contribution in [-0.2, 0) is 17.4 Å². The van der Waals surface area contributed by atoms with Gasteiger partial charge in [-0.05, 0) is 75.5 Å². The summed E-state index contributed by atoms with van der Waals surface area (Å²) in [6.45, 7) is 4.04. The summed E-state index contributed by atoms with van der Waals surface area (Å²) >= 11 is 0. The van der Waals surface area contributed by atoms with Gasteiger partial charge in [-0.1, -0.05) is 5.57 Å². The van der Waals surface area contributed by atoms with E-state index in [0.29, 0.717) is 5.56 Å². The van der Waals surface area contributed by atoms with Crippen LogP contribution in [0.5, 0.6) is 0 Å². The Morgan fingerprint density at radius 1 is 1.35 bits per heavy atom. The number of carbonyl (C=O) groups excluding carboxylic acids is 1. The average molecular weight is 357 g/mol. The van der Waals surface area contributed by atoms with E-state index in [2.05, 4.69) is 17.3 Å². The number of nitrogens with zero attached hydrogens (tertiary/aromatic N) is 2. The number of carbonyl (C=O) groups is 1. The van der Waals surface area contributed by atoms with Crippen molar-refractivity contribution in [3.63, 3.8) is 0 Å². The Morgan fingerprint density at radius 2 is 1.92 bits per heavy atom. The van der Waals surface area contributed by atoms with E-state index in [1.54, 1.807) is 30.1 Å². The Balaban J connectivity index is 1.41. The number of hydrogen-bond acceptors (Lipinski definition) is 3. The van der Waals surface area contributed by atoms with Crippen molar-refractivity contribution < 1.29 is 9.90 Å². The van der Waals surface area contributed by atoms with Gasteiger partial charge in [0.05, 0.1) is 12.7 Å². The molecule has 4 saturated carbocycles. The first kappa shape index (κ1) is 17.8. The molecule has 1 aromatic heterocycles. The first-order valence-electron chi connectivity index (χ1n) is 9.94. The molecule has 4 bridgehead atoms. The van der Waals surface area contributed by atoms with Crippen LogP contribution >= 0.6 is 0 Å². The van der Waals surface area contributed by atoms with Crippen LogP contribution in [0.1, 0.15) is 57.9 Å². The summed E-state index contributed by atoms with van der Waals surface area (Å²) in [6, 6.07) is 0. The van der Waals surface area contributed by atoms with Crippen molar-refractivity contribution in [2.24, 2.45) is 30.2 Å². The van der Waals surface area contributed by atoms with Crippen LogP contribution in [0.2, 0.25) is 0 Å². The monoisotopic (exact) mass is 357 g/mol. The third-order valence-corrected chi connectivity index (χ3v) is 7.16.